The molecule has 0 aromatic heterocycles. The largest absolute Gasteiger partial charge is 0.573 e. The van der Waals surface area contributed by atoms with E-state index in [1.165, 1.54) is 24.3 Å². The van der Waals surface area contributed by atoms with Crippen molar-refractivity contribution in [2.45, 2.75) is 38.1 Å². The number of ether oxygens (including phenoxy) is 1. The Kier molecular flexibility index (Phi) is 6.59. The minimum Gasteiger partial charge on any atom is -0.406 e. The van der Waals surface area contributed by atoms with Crippen LogP contribution in [0.4, 0.5) is 18.9 Å². The molecule has 146 valence electrons. The smallest absolute Gasteiger partial charge is 0.406 e. The first kappa shape index (κ1) is 20.9. The summed E-state index contributed by atoms with van der Waals surface area (Å²) >= 11 is 0. The zero-order valence-corrected chi connectivity index (χ0v) is 15.2. The number of amides is 1. The summed E-state index contributed by atoms with van der Waals surface area (Å²) in [6.07, 6.45) is -1.89. The molecule has 1 aliphatic carbocycles. The van der Waals surface area contributed by atoms with Crippen LogP contribution in [-0.4, -0.2) is 12.3 Å². The van der Waals surface area contributed by atoms with E-state index in [4.69, 9.17) is 5.73 Å². The van der Waals surface area contributed by atoms with Crippen molar-refractivity contribution >= 4 is 24.0 Å². The van der Waals surface area contributed by atoms with Gasteiger partial charge in [-0.1, -0.05) is 18.2 Å². The van der Waals surface area contributed by atoms with E-state index in [0.717, 1.165) is 30.4 Å². The number of hydrogen-bond acceptors (Lipinski definition) is 3. The summed E-state index contributed by atoms with van der Waals surface area (Å²) in [5, 5.41) is 3.00. The molecule has 1 atom stereocenters. The van der Waals surface area contributed by atoms with Gasteiger partial charge in [0.05, 0.1) is 12.5 Å². The molecule has 1 unspecified atom stereocenters. The highest BCUT2D eigenvalue weighted by molar-refractivity contribution is 5.85. The minimum absolute atomic E-state index is 0. The molecule has 0 fully saturated rings. The summed E-state index contributed by atoms with van der Waals surface area (Å²) in [7, 11) is 0. The first-order valence-electron chi connectivity index (χ1n) is 8.32. The van der Waals surface area contributed by atoms with Crippen LogP contribution in [-0.2, 0) is 17.6 Å². The van der Waals surface area contributed by atoms with Gasteiger partial charge in [0.25, 0.3) is 0 Å². The molecule has 2 aromatic carbocycles. The van der Waals surface area contributed by atoms with Crippen LogP contribution < -0.4 is 15.8 Å². The van der Waals surface area contributed by atoms with Crippen LogP contribution in [0.15, 0.2) is 42.5 Å². The molecule has 2 aromatic rings. The first-order chi connectivity index (χ1) is 12.3. The number of anilines is 1. The molecule has 8 heteroatoms. The quantitative estimate of drug-likeness (QED) is 0.751. The average molecular weight is 401 g/mol. The fourth-order valence-electron chi connectivity index (χ4n) is 3.22. The Morgan fingerprint density at radius 2 is 1.89 bits per heavy atom. The van der Waals surface area contributed by atoms with Gasteiger partial charge < -0.3 is 15.8 Å². The number of hydrogen-bond donors (Lipinski definition) is 2. The number of nitrogens with one attached hydrogen (secondary N) is 1. The third-order valence-electron chi connectivity index (χ3n) is 4.34. The molecular formula is C19H20ClF3N2O2. The maximum Gasteiger partial charge on any atom is 0.573 e. The molecule has 0 spiro atoms. The predicted molar refractivity (Wildman–Crippen MR) is 98.8 cm³/mol. The minimum atomic E-state index is -4.73. The Morgan fingerprint density at radius 1 is 1.19 bits per heavy atom. The Bertz CT molecular complexity index is 795. The van der Waals surface area contributed by atoms with Gasteiger partial charge in [-0.15, -0.1) is 25.6 Å². The highest BCUT2D eigenvalue weighted by Gasteiger charge is 2.31. The number of carbonyl (C=O) groups excluding carboxylic acids is 1. The lowest BCUT2D eigenvalue weighted by Crippen LogP contribution is -2.32. The molecule has 27 heavy (non-hydrogen) atoms. The van der Waals surface area contributed by atoms with Crippen LogP contribution in [0, 0.1) is 0 Å². The van der Waals surface area contributed by atoms with Crippen LogP contribution in [0.3, 0.4) is 0 Å². The normalized spacial score (nSPS) is 16.0. The summed E-state index contributed by atoms with van der Waals surface area (Å²) in [6.45, 7) is 0. The number of nitrogen functional groups attached to an aromatic ring is 1. The number of fused-ring (bicyclic) bond motifs is 1. The second-order valence-corrected chi connectivity index (χ2v) is 6.34. The van der Waals surface area contributed by atoms with Crippen molar-refractivity contribution in [2.24, 2.45) is 0 Å². The van der Waals surface area contributed by atoms with Gasteiger partial charge >= 0.3 is 6.36 Å². The van der Waals surface area contributed by atoms with Gasteiger partial charge in [-0.05, 0) is 60.2 Å². The van der Waals surface area contributed by atoms with E-state index in [1.807, 2.05) is 18.2 Å². The zero-order valence-electron chi connectivity index (χ0n) is 14.4. The summed E-state index contributed by atoms with van der Waals surface area (Å²) in [4.78, 5) is 12.3. The molecule has 0 saturated heterocycles. The summed E-state index contributed by atoms with van der Waals surface area (Å²) < 4.78 is 40.3. The third kappa shape index (κ3) is 5.79. The second-order valence-electron chi connectivity index (χ2n) is 6.34. The molecule has 1 aliphatic rings. The Labute approximate surface area is 161 Å². The standard InChI is InChI=1S/C19H19F3N2O2.ClH/c20-19(21,22)26-15-7-4-12(5-8-15)10-18(25)24-17-3-1-2-13-11-14(23)6-9-16(13)17;/h4-9,11,17H,1-3,10,23H2,(H,24,25);1H. The highest BCUT2D eigenvalue weighted by Crippen LogP contribution is 2.31. The summed E-state index contributed by atoms with van der Waals surface area (Å²) in [5.41, 5.74) is 9.36. The van der Waals surface area contributed by atoms with Crippen LogP contribution in [0.2, 0.25) is 0 Å². The van der Waals surface area contributed by atoms with Crippen LogP contribution in [0.5, 0.6) is 5.75 Å². The lowest BCUT2D eigenvalue weighted by Gasteiger charge is -2.26. The molecular weight excluding hydrogens is 381 g/mol. The van der Waals surface area contributed by atoms with Crippen molar-refractivity contribution in [3.05, 3.63) is 59.2 Å². The molecule has 3 N–H and O–H groups in total. The van der Waals surface area contributed by atoms with Crippen molar-refractivity contribution in [1.82, 2.24) is 5.32 Å². The van der Waals surface area contributed by atoms with Gasteiger partial charge in [0.15, 0.2) is 0 Å². The Balaban J connectivity index is 0.00000261. The number of alkyl halides is 3. The fraction of sp³-hybridized carbons (Fsp3) is 0.316. The first-order valence-corrected chi connectivity index (χ1v) is 8.32. The van der Waals surface area contributed by atoms with Gasteiger partial charge in [0, 0.05) is 5.69 Å². The number of aryl methyl sites for hydroxylation is 1. The van der Waals surface area contributed by atoms with Gasteiger partial charge in [-0.2, -0.15) is 0 Å². The Morgan fingerprint density at radius 3 is 2.56 bits per heavy atom. The molecule has 0 saturated carbocycles. The van der Waals surface area contributed by atoms with Crippen molar-refractivity contribution in [2.75, 3.05) is 5.73 Å². The molecule has 1 amide bonds. The molecule has 0 radical (unpaired) electrons. The van der Waals surface area contributed by atoms with E-state index in [2.05, 4.69) is 10.1 Å². The average Bonchev–Trinajstić information content (AvgIpc) is 2.55. The van der Waals surface area contributed by atoms with Crippen LogP contribution in [0.1, 0.15) is 35.6 Å². The van der Waals surface area contributed by atoms with Crippen LogP contribution >= 0.6 is 12.4 Å². The van der Waals surface area contributed by atoms with Crippen molar-refractivity contribution in [3.8, 4) is 5.75 Å². The molecule has 0 bridgehead atoms. The SMILES string of the molecule is Cl.Nc1ccc2c(c1)CCCC2NC(=O)Cc1ccc(OC(F)(F)F)cc1. The third-order valence-corrected chi connectivity index (χ3v) is 4.34. The maximum atomic E-state index is 12.3. The fourth-order valence-corrected chi connectivity index (χ4v) is 3.22. The zero-order chi connectivity index (χ0) is 18.7. The Hall–Kier alpha value is -2.41. The van der Waals surface area contributed by atoms with Crippen molar-refractivity contribution in [1.29, 1.82) is 0 Å². The molecule has 3 rings (SSSR count). The monoisotopic (exact) mass is 400 g/mol. The number of benzene rings is 2. The van der Waals surface area contributed by atoms with Crippen molar-refractivity contribution in [3.63, 3.8) is 0 Å². The van der Waals surface area contributed by atoms with E-state index >= 15 is 0 Å². The number of halogens is 4. The molecule has 0 heterocycles. The van der Waals surface area contributed by atoms with E-state index in [0.29, 0.717) is 11.3 Å². The van der Waals surface area contributed by atoms with Gasteiger partial charge in [0.2, 0.25) is 5.91 Å². The van der Waals surface area contributed by atoms with E-state index in [-0.39, 0.29) is 36.5 Å². The van der Waals surface area contributed by atoms with Gasteiger partial charge in [-0.3, -0.25) is 4.79 Å². The molecule has 4 nitrogen and oxygen atoms in total. The van der Waals surface area contributed by atoms with Gasteiger partial charge in [0.1, 0.15) is 5.75 Å². The van der Waals surface area contributed by atoms with Gasteiger partial charge in [-0.25, -0.2) is 0 Å². The summed E-state index contributed by atoms with van der Waals surface area (Å²) in [6, 6.07) is 10.9. The summed E-state index contributed by atoms with van der Waals surface area (Å²) in [5.74, 6) is -0.482. The second kappa shape index (κ2) is 8.52. The van der Waals surface area contributed by atoms with Crippen LogP contribution in [0.25, 0.3) is 0 Å². The van der Waals surface area contributed by atoms with E-state index < -0.39 is 6.36 Å². The highest BCUT2D eigenvalue weighted by atomic mass is 35.5. The number of rotatable bonds is 4. The van der Waals surface area contributed by atoms with E-state index in [9.17, 15) is 18.0 Å². The number of carbonyl (C=O) groups is 1. The lowest BCUT2D eigenvalue weighted by molar-refractivity contribution is -0.274. The lowest BCUT2D eigenvalue weighted by atomic mass is 9.87. The predicted octanol–water partition coefficient (Wildman–Crippen LogP) is 4.33. The van der Waals surface area contributed by atoms with E-state index in [1.54, 1.807) is 0 Å². The topological polar surface area (TPSA) is 64.3 Å². The maximum absolute atomic E-state index is 12.3. The number of nitrogens with two attached hydrogens (primary N) is 1. The van der Waals surface area contributed by atoms with Crippen molar-refractivity contribution < 1.29 is 22.7 Å². The molecule has 0 aliphatic heterocycles.